The van der Waals surface area contributed by atoms with E-state index in [0.29, 0.717) is 11.1 Å². The van der Waals surface area contributed by atoms with Crippen molar-refractivity contribution < 1.29 is 19.2 Å². The number of carbonyl (C=O) groups excluding carboxylic acids is 2. The summed E-state index contributed by atoms with van der Waals surface area (Å²) in [6.07, 6.45) is 2.97. The lowest BCUT2D eigenvalue weighted by atomic mass is 10.1. The monoisotopic (exact) mass is 311 g/mol. The molecule has 0 N–H and O–H groups in total. The standard InChI is InChI=1S/C17H13NO5/c1-23-17(20)14-5-2-12(3-6-14)4-11-16(19)13-7-9-15(10-8-13)18(21)22/h2-11H,1H3/b11-4-. The van der Waals surface area contributed by atoms with E-state index >= 15 is 0 Å². The summed E-state index contributed by atoms with van der Waals surface area (Å²) in [5.41, 5.74) is 1.46. The molecule has 0 amide bonds. The van der Waals surface area contributed by atoms with Gasteiger partial charge in [0.2, 0.25) is 0 Å². The second-order valence-electron chi connectivity index (χ2n) is 4.62. The van der Waals surface area contributed by atoms with Crippen molar-refractivity contribution >= 4 is 23.5 Å². The molecular weight excluding hydrogens is 298 g/mol. The maximum atomic E-state index is 12.0. The molecule has 0 aliphatic rings. The number of carbonyl (C=O) groups is 2. The van der Waals surface area contributed by atoms with Gasteiger partial charge in [0.25, 0.3) is 5.69 Å². The number of nitro benzene ring substituents is 1. The van der Waals surface area contributed by atoms with Gasteiger partial charge in [-0.15, -0.1) is 0 Å². The summed E-state index contributed by atoms with van der Waals surface area (Å²) < 4.78 is 4.60. The third-order valence-corrected chi connectivity index (χ3v) is 3.12. The summed E-state index contributed by atoms with van der Waals surface area (Å²) in [6, 6.07) is 12.0. The molecule has 0 radical (unpaired) electrons. The van der Waals surface area contributed by atoms with Crippen LogP contribution in [-0.4, -0.2) is 23.8 Å². The van der Waals surface area contributed by atoms with Gasteiger partial charge in [-0.05, 0) is 35.9 Å². The van der Waals surface area contributed by atoms with Crippen molar-refractivity contribution in [3.63, 3.8) is 0 Å². The molecule has 6 nitrogen and oxygen atoms in total. The quantitative estimate of drug-likeness (QED) is 0.278. The summed E-state index contributed by atoms with van der Waals surface area (Å²) in [5, 5.41) is 10.6. The number of esters is 1. The van der Waals surface area contributed by atoms with Crippen LogP contribution in [0.15, 0.2) is 54.6 Å². The molecule has 0 fully saturated rings. The molecule has 0 aromatic heterocycles. The van der Waals surface area contributed by atoms with Crippen molar-refractivity contribution in [3.8, 4) is 0 Å². The van der Waals surface area contributed by atoms with Crippen LogP contribution in [0.4, 0.5) is 5.69 Å². The van der Waals surface area contributed by atoms with Crippen LogP contribution in [0, 0.1) is 10.1 Å². The molecule has 23 heavy (non-hydrogen) atoms. The second kappa shape index (κ2) is 7.13. The number of nitro groups is 1. The fourth-order valence-electron chi connectivity index (χ4n) is 1.86. The first-order valence-corrected chi connectivity index (χ1v) is 6.66. The predicted molar refractivity (Wildman–Crippen MR) is 84.2 cm³/mol. The first-order chi connectivity index (χ1) is 11.0. The molecule has 0 atom stereocenters. The molecule has 0 aliphatic carbocycles. The SMILES string of the molecule is COC(=O)c1ccc(/C=C\C(=O)c2ccc([N+](=O)[O-])cc2)cc1. The fourth-order valence-corrected chi connectivity index (χ4v) is 1.86. The van der Waals surface area contributed by atoms with E-state index in [0.717, 1.165) is 5.56 Å². The van der Waals surface area contributed by atoms with E-state index in [1.165, 1.54) is 37.5 Å². The topological polar surface area (TPSA) is 86.5 Å². The van der Waals surface area contributed by atoms with Gasteiger partial charge in [0.1, 0.15) is 0 Å². The molecule has 0 spiro atoms. The number of ether oxygens (including phenoxy) is 1. The number of non-ortho nitro benzene ring substituents is 1. The highest BCUT2D eigenvalue weighted by atomic mass is 16.6. The van der Waals surface area contributed by atoms with Gasteiger partial charge in [0.05, 0.1) is 17.6 Å². The van der Waals surface area contributed by atoms with Gasteiger partial charge in [-0.3, -0.25) is 14.9 Å². The number of hydrogen-bond acceptors (Lipinski definition) is 5. The van der Waals surface area contributed by atoms with Crippen molar-refractivity contribution in [3.05, 3.63) is 81.4 Å². The average molecular weight is 311 g/mol. The summed E-state index contributed by atoms with van der Waals surface area (Å²) in [6.45, 7) is 0. The van der Waals surface area contributed by atoms with E-state index in [1.807, 2.05) is 0 Å². The zero-order chi connectivity index (χ0) is 16.8. The fraction of sp³-hybridized carbons (Fsp3) is 0.0588. The molecule has 0 aliphatic heterocycles. The molecule has 0 bridgehead atoms. The van der Waals surface area contributed by atoms with Crippen LogP contribution >= 0.6 is 0 Å². The third kappa shape index (κ3) is 4.10. The lowest BCUT2D eigenvalue weighted by molar-refractivity contribution is -0.384. The Hall–Kier alpha value is -3.28. The van der Waals surface area contributed by atoms with Gasteiger partial charge in [0.15, 0.2) is 5.78 Å². The van der Waals surface area contributed by atoms with Crippen LogP contribution in [0.25, 0.3) is 6.08 Å². The number of methoxy groups -OCH3 is 1. The van der Waals surface area contributed by atoms with E-state index in [9.17, 15) is 19.7 Å². The molecule has 6 heteroatoms. The van der Waals surface area contributed by atoms with Crippen LogP contribution < -0.4 is 0 Å². The maximum absolute atomic E-state index is 12.0. The van der Waals surface area contributed by atoms with Crippen molar-refractivity contribution in [2.45, 2.75) is 0 Å². The van der Waals surface area contributed by atoms with Gasteiger partial charge in [0, 0.05) is 17.7 Å². The minimum absolute atomic E-state index is 0.0658. The van der Waals surface area contributed by atoms with Crippen LogP contribution in [0.5, 0.6) is 0 Å². The summed E-state index contributed by atoms with van der Waals surface area (Å²) >= 11 is 0. The van der Waals surface area contributed by atoms with Crippen molar-refractivity contribution in [2.24, 2.45) is 0 Å². The minimum atomic E-state index is -0.521. The van der Waals surface area contributed by atoms with E-state index in [1.54, 1.807) is 30.3 Å². The lowest BCUT2D eigenvalue weighted by Gasteiger charge is -1.99. The van der Waals surface area contributed by atoms with Crippen LogP contribution in [-0.2, 0) is 4.74 Å². The Kier molecular flexibility index (Phi) is 4.99. The first-order valence-electron chi connectivity index (χ1n) is 6.66. The van der Waals surface area contributed by atoms with E-state index in [4.69, 9.17) is 0 Å². The Labute approximate surface area is 132 Å². The highest BCUT2D eigenvalue weighted by Gasteiger charge is 2.07. The number of nitrogens with zero attached hydrogens (tertiary/aromatic N) is 1. The third-order valence-electron chi connectivity index (χ3n) is 3.12. The Bertz CT molecular complexity index is 761. The Morgan fingerprint density at radius 2 is 1.57 bits per heavy atom. The second-order valence-corrected chi connectivity index (χ2v) is 4.62. The molecule has 2 aromatic carbocycles. The molecule has 0 saturated heterocycles. The average Bonchev–Trinajstić information content (AvgIpc) is 2.59. The van der Waals surface area contributed by atoms with Crippen LogP contribution in [0.2, 0.25) is 0 Å². The van der Waals surface area contributed by atoms with Crippen LogP contribution in [0.3, 0.4) is 0 Å². The van der Waals surface area contributed by atoms with Gasteiger partial charge in [-0.25, -0.2) is 4.79 Å². The summed E-state index contributed by atoms with van der Waals surface area (Å²) in [7, 11) is 1.30. The van der Waals surface area contributed by atoms with Crippen molar-refractivity contribution in [1.29, 1.82) is 0 Å². The molecular formula is C17H13NO5. The molecule has 0 unspecified atom stereocenters. The summed E-state index contributed by atoms with van der Waals surface area (Å²) in [5.74, 6) is -0.695. The van der Waals surface area contributed by atoms with E-state index < -0.39 is 10.9 Å². The molecule has 0 saturated carbocycles. The molecule has 2 aromatic rings. The van der Waals surface area contributed by atoms with E-state index in [2.05, 4.69) is 4.74 Å². The Balaban J connectivity index is 2.08. The largest absolute Gasteiger partial charge is 0.465 e. The molecule has 116 valence electrons. The highest BCUT2D eigenvalue weighted by molar-refractivity contribution is 6.06. The lowest BCUT2D eigenvalue weighted by Crippen LogP contribution is -2.00. The minimum Gasteiger partial charge on any atom is -0.465 e. The smallest absolute Gasteiger partial charge is 0.337 e. The summed E-state index contributed by atoms with van der Waals surface area (Å²) in [4.78, 5) is 33.3. The zero-order valence-corrected chi connectivity index (χ0v) is 12.3. The number of benzene rings is 2. The van der Waals surface area contributed by atoms with Gasteiger partial charge in [-0.2, -0.15) is 0 Å². The normalized spacial score (nSPS) is 10.5. The van der Waals surface area contributed by atoms with E-state index in [-0.39, 0.29) is 11.5 Å². The Morgan fingerprint density at radius 3 is 2.09 bits per heavy atom. The Morgan fingerprint density at radius 1 is 1.00 bits per heavy atom. The predicted octanol–water partition coefficient (Wildman–Crippen LogP) is 3.28. The van der Waals surface area contributed by atoms with Crippen LogP contribution in [0.1, 0.15) is 26.3 Å². The van der Waals surface area contributed by atoms with Crippen molar-refractivity contribution in [2.75, 3.05) is 7.11 Å². The highest BCUT2D eigenvalue weighted by Crippen LogP contribution is 2.13. The number of allylic oxidation sites excluding steroid dienone is 1. The maximum Gasteiger partial charge on any atom is 0.337 e. The number of hydrogen-bond donors (Lipinski definition) is 0. The number of rotatable bonds is 5. The van der Waals surface area contributed by atoms with Gasteiger partial charge >= 0.3 is 5.97 Å². The van der Waals surface area contributed by atoms with Gasteiger partial charge in [-0.1, -0.05) is 18.2 Å². The number of ketones is 1. The molecule has 2 rings (SSSR count). The first kappa shape index (κ1) is 16.1. The molecule has 0 heterocycles. The zero-order valence-electron chi connectivity index (χ0n) is 12.3. The van der Waals surface area contributed by atoms with Gasteiger partial charge < -0.3 is 4.74 Å². The van der Waals surface area contributed by atoms with Crippen molar-refractivity contribution in [1.82, 2.24) is 0 Å².